The molecule has 110 valence electrons. The molecule has 5 nitrogen and oxygen atoms in total. The van der Waals surface area contributed by atoms with Crippen LogP contribution in [0.5, 0.6) is 5.75 Å². The number of nitrogens with one attached hydrogen (secondary N) is 1. The first kappa shape index (κ1) is 14.9. The number of carbonyl (C=O) groups is 1. The van der Waals surface area contributed by atoms with Crippen LogP contribution in [0, 0.1) is 0 Å². The van der Waals surface area contributed by atoms with E-state index in [0.29, 0.717) is 11.3 Å². The Balaban J connectivity index is 1.83. The highest BCUT2D eigenvalue weighted by Crippen LogP contribution is 2.16. The molecule has 2 N–H and O–H groups in total. The number of amides is 1. The average Bonchev–Trinajstić information content (AvgIpc) is 2.54. The zero-order valence-corrected chi connectivity index (χ0v) is 11.7. The predicted molar refractivity (Wildman–Crippen MR) is 77.7 cm³/mol. The molecule has 0 aromatic heterocycles. The van der Waals surface area contributed by atoms with Crippen LogP contribution in [0.25, 0.3) is 0 Å². The third kappa shape index (κ3) is 4.50. The van der Waals surface area contributed by atoms with Crippen molar-refractivity contribution in [3.8, 4) is 5.75 Å². The molecule has 1 atom stereocenters. The lowest BCUT2D eigenvalue weighted by molar-refractivity contribution is 0.0948. The molecule has 0 aliphatic rings. The third-order valence-corrected chi connectivity index (χ3v) is 2.90. The van der Waals surface area contributed by atoms with Crippen molar-refractivity contribution in [2.45, 2.75) is 12.8 Å². The summed E-state index contributed by atoms with van der Waals surface area (Å²) in [6.07, 6.45) is -1.80. The van der Waals surface area contributed by atoms with Crippen molar-refractivity contribution in [2.75, 3.05) is 7.11 Å². The number of alkyl carbamates (subject to hydrolysis) is 1. The molecule has 0 bridgehead atoms. The smallest absolute Gasteiger partial charge is 0.409 e. The van der Waals surface area contributed by atoms with Gasteiger partial charge in [-0.2, -0.15) is 0 Å². The van der Waals surface area contributed by atoms with E-state index >= 15 is 0 Å². The molecule has 0 aliphatic heterocycles. The van der Waals surface area contributed by atoms with Gasteiger partial charge in [0, 0.05) is 5.56 Å². The molecule has 2 aromatic carbocycles. The van der Waals surface area contributed by atoms with E-state index in [9.17, 15) is 9.90 Å². The highest BCUT2D eigenvalue weighted by Gasteiger charge is 2.12. The molecule has 0 heterocycles. The van der Waals surface area contributed by atoms with E-state index in [1.54, 1.807) is 31.4 Å². The van der Waals surface area contributed by atoms with Gasteiger partial charge in [-0.1, -0.05) is 42.5 Å². The first-order valence-electron chi connectivity index (χ1n) is 6.48. The Bertz CT molecular complexity index is 569. The Morgan fingerprint density at radius 3 is 2.43 bits per heavy atom. The molecule has 0 saturated heterocycles. The maximum absolute atomic E-state index is 11.6. The van der Waals surface area contributed by atoms with E-state index in [0.717, 1.165) is 5.56 Å². The molecule has 0 radical (unpaired) electrons. The number of aliphatic hydroxyl groups excluding tert-OH is 1. The number of carbonyl (C=O) groups excluding carboxylic acids is 1. The van der Waals surface area contributed by atoms with Gasteiger partial charge in [-0.15, -0.1) is 0 Å². The van der Waals surface area contributed by atoms with Gasteiger partial charge in [0.2, 0.25) is 0 Å². The van der Waals surface area contributed by atoms with Crippen molar-refractivity contribution in [1.82, 2.24) is 5.32 Å². The molecule has 5 heteroatoms. The van der Waals surface area contributed by atoms with E-state index in [1.807, 2.05) is 30.3 Å². The molecule has 0 spiro atoms. The maximum atomic E-state index is 11.6. The highest BCUT2D eigenvalue weighted by atomic mass is 16.6. The van der Waals surface area contributed by atoms with Gasteiger partial charge in [-0.05, 0) is 17.7 Å². The van der Waals surface area contributed by atoms with Crippen molar-refractivity contribution >= 4 is 6.09 Å². The summed E-state index contributed by atoms with van der Waals surface area (Å²) < 4.78 is 10.1. The zero-order valence-electron chi connectivity index (χ0n) is 11.7. The predicted octanol–water partition coefficient (Wildman–Crippen LogP) is 2.61. The quantitative estimate of drug-likeness (QED) is 0.829. The summed E-state index contributed by atoms with van der Waals surface area (Å²) in [5.74, 6) is 0.678. The number of rotatable bonds is 5. The molecule has 2 rings (SSSR count). The van der Waals surface area contributed by atoms with E-state index in [1.165, 1.54) is 0 Å². The lowest BCUT2D eigenvalue weighted by atomic mass is 10.2. The van der Waals surface area contributed by atoms with Gasteiger partial charge in [0.15, 0.2) is 6.23 Å². The SMILES string of the molecule is COc1ccc(C(O)NC(=O)OCc2ccccc2)cc1. The fourth-order valence-corrected chi connectivity index (χ4v) is 1.75. The Morgan fingerprint density at radius 2 is 1.81 bits per heavy atom. The fourth-order valence-electron chi connectivity index (χ4n) is 1.75. The standard InChI is InChI=1S/C16H17NO4/c1-20-14-9-7-13(8-10-14)15(18)17-16(19)21-11-12-5-3-2-4-6-12/h2-10,15,18H,11H2,1H3,(H,17,19). The topological polar surface area (TPSA) is 67.8 Å². The number of hydrogen-bond donors (Lipinski definition) is 2. The van der Waals surface area contributed by atoms with Crippen molar-refractivity contribution < 1.29 is 19.4 Å². The van der Waals surface area contributed by atoms with Crippen LogP contribution in [0.4, 0.5) is 4.79 Å². The number of aliphatic hydroxyl groups is 1. The monoisotopic (exact) mass is 287 g/mol. The number of ether oxygens (including phenoxy) is 2. The van der Waals surface area contributed by atoms with Crippen LogP contribution in [-0.4, -0.2) is 18.3 Å². The van der Waals surface area contributed by atoms with Crippen LogP contribution in [0.2, 0.25) is 0 Å². The van der Waals surface area contributed by atoms with E-state index < -0.39 is 12.3 Å². The van der Waals surface area contributed by atoms with Crippen LogP contribution in [0.1, 0.15) is 17.4 Å². The third-order valence-electron chi connectivity index (χ3n) is 2.90. The molecule has 1 unspecified atom stereocenters. The molecule has 0 saturated carbocycles. The van der Waals surface area contributed by atoms with Gasteiger partial charge in [-0.25, -0.2) is 4.79 Å². The zero-order chi connectivity index (χ0) is 15.1. The number of benzene rings is 2. The van der Waals surface area contributed by atoms with Crippen LogP contribution < -0.4 is 10.1 Å². The summed E-state index contributed by atoms with van der Waals surface area (Å²) >= 11 is 0. The summed E-state index contributed by atoms with van der Waals surface area (Å²) in [5.41, 5.74) is 1.43. The second-order valence-corrected chi connectivity index (χ2v) is 4.38. The van der Waals surface area contributed by atoms with Crippen molar-refractivity contribution in [2.24, 2.45) is 0 Å². The molecule has 0 aliphatic carbocycles. The second-order valence-electron chi connectivity index (χ2n) is 4.38. The van der Waals surface area contributed by atoms with Crippen molar-refractivity contribution in [3.63, 3.8) is 0 Å². The number of methoxy groups -OCH3 is 1. The fraction of sp³-hybridized carbons (Fsp3) is 0.188. The molecular weight excluding hydrogens is 270 g/mol. The highest BCUT2D eigenvalue weighted by molar-refractivity contribution is 5.67. The van der Waals surface area contributed by atoms with Gasteiger partial charge < -0.3 is 14.6 Å². The summed E-state index contributed by atoms with van der Waals surface area (Å²) in [6.45, 7) is 0.155. The molecular formula is C16H17NO4. The van der Waals surface area contributed by atoms with Crippen LogP contribution in [-0.2, 0) is 11.3 Å². The van der Waals surface area contributed by atoms with Gasteiger partial charge in [0.05, 0.1) is 7.11 Å². The van der Waals surface area contributed by atoms with Gasteiger partial charge in [0.25, 0.3) is 0 Å². The van der Waals surface area contributed by atoms with E-state index in [4.69, 9.17) is 9.47 Å². The van der Waals surface area contributed by atoms with Crippen LogP contribution in [0.3, 0.4) is 0 Å². The number of hydrogen-bond acceptors (Lipinski definition) is 4. The van der Waals surface area contributed by atoms with E-state index in [-0.39, 0.29) is 6.61 Å². The maximum Gasteiger partial charge on any atom is 0.409 e. The van der Waals surface area contributed by atoms with E-state index in [2.05, 4.69) is 5.32 Å². The van der Waals surface area contributed by atoms with Gasteiger partial charge in [-0.3, -0.25) is 5.32 Å². The van der Waals surface area contributed by atoms with Crippen molar-refractivity contribution in [1.29, 1.82) is 0 Å². The van der Waals surface area contributed by atoms with Gasteiger partial charge >= 0.3 is 6.09 Å². The lowest BCUT2D eigenvalue weighted by Crippen LogP contribution is -2.28. The normalized spacial score (nSPS) is 11.5. The van der Waals surface area contributed by atoms with Crippen LogP contribution in [0.15, 0.2) is 54.6 Å². The molecule has 1 amide bonds. The van der Waals surface area contributed by atoms with Gasteiger partial charge in [0.1, 0.15) is 12.4 Å². The second kappa shape index (κ2) is 7.31. The Morgan fingerprint density at radius 1 is 1.14 bits per heavy atom. The molecule has 0 fully saturated rings. The summed E-state index contributed by atoms with van der Waals surface area (Å²) in [7, 11) is 1.56. The minimum atomic E-state index is -1.13. The minimum absolute atomic E-state index is 0.155. The summed E-state index contributed by atoms with van der Waals surface area (Å²) in [4.78, 5) is 11.6. The largest absolute Gasteiger partial charge is 0.497 e. The summed E-state index contributed by atoms with van der Waals surface area (Å²) in [5, 5.41) is 12.3. The lowest BCUT2D eigenvalue weighted by Gasteiger charge is -2.13. The molecule has 2 aromatic rings. The Kier molecular flexibility index (Phi) is 5.17. The first-order valence-corrected chi connectivity index (χ1v) is 6.48. The average molecular weight is 287 g/mol. The first-order chi connectivity index (χ1) is 10.2. The van der Waals surface area contributed by atoms with Crippen LogP contribution >= 0.6 is 0 Å². The Hall–Kier alpha value is -2.53. The summed E-state index contributed by atoms with van der Waals surface area (Å²) in [6, 6.07) is 16.1. The van der Waals surface area contributed by atoms with Crippen molar-refractivity contribution in [3.05, 3.63) is 65.7 Å². The Labute approximate surface area is 123 Å². The minimum Gasteiger partial charge on any atom is -0.497 e. The molecule has 21 heavy (non-hydrogen) atoms.